The molecule has 0 amide bonds. The topological polar surface area (TPSA) is 0 Å². The van der Waals surface area contributed by atoms with Gasteiger partial charge in [-0.1, -0.05) is 25.4 Å². The number of benzene rings is 1. The Morgan fingerprint density at radius 2 is 2.00 bits per heavy atom. The molecule has 1 rings (SSSR count). The number of halogens is 3. The number of rotatable bonds is 3. The van der Waals surface area contributed by atoms with Crippen LogP contribution in [0.15, 0.2) is 18.2 Å². The molecule has 0 bridgehead atoms. The molecule has 0 aromatic heterocycles. The molecule has 0 N–H and O–H groups in total. The second-order valence-corrected chi connectivity index (χ2v) is 4.88. The van der Waals surface area contributed by atoms with Gasteiger partial charge in [-0.25, -0.2) is 4.39 Å². The summed E-state index contributed by atoms with van der Waals surface area (Å²) >= 11 is 11.7. The Morgan fingerprint density at radius 1 is 1.36 bits per heavy atom. The second-order valence-electron chi connectivity index (χ2n) is 4.21. The number of hydrogen-bond donors (Lipinski definition) is 0. The minimum atomic E-state index is -0.255. The largest absolute Gasteiger partial charge is 0.207 e. The van der Waals surface area contributed by atoms with E-state index in [-0.39, 0.29) is 11.2 Å². The molecule has 0 spiro atoms. The molecule has 3 heteroatoms. The van der Waals surface area contributed by atoms with Gasteiger partial charge in [0, 0.05) is 10.9 Å². The van der Waals surface area contributed by atoms with Crippen LogP contribution in [0.5, 0.6) is 0 Å². The first kappa shape index (κ1) is 11.8. The first-order chi connectivity index (χ1) is 6.44. The summed E-state index contributed by atoms with van der Waals surface area (Å²) < 4.78 is 12.9. The maximum atomic E-state index is 12.9. The first-order valence-corrected chi connectivity index (χ1v) is 5.36. The molecule has 0 aliphatic heterocycles. The van der Waals surface area contributed by atoms with Crippen LogP contribution in [-0.4, -0.2) is 5.88 Å². The lowest BCUT2D eigenvalue weighted by atomic mass is 9.88. The van der Waals surface area contributed by atoms with Crippen LogP contribution in [-0.2, 0) is 6.42 Å². The van der Waals surface area contributed by atoms with E-state index < -0.39 is 0 Å². The van der Waals surface area contributed by atoms with Crippen molar-refractivity contribution in [2.45, 2.75) is 20.3 Å². The van der Waals surface area contributed by atoms with Gasteiger partial charge in [-0.05, 0) is 35.6 Å². The van der Waals surface area contributed by atoms with Gasteiger partial charge in [0.05, 0.1) is 0 Å². The minimum Gasteiger partial charge on any atom is -0.207 e. The van der Waals surface area contributed by atoms with Crippen LogP contribution in [0.25, 0.3) is 0 Å². The van der Waals surface area contributed by atoms with E-state index in [1.54, 1.807) is 6.07 Å². The third-order valence-corrected chi connectivity index (χ3v) is 3.13. The molecule has 0 nitrogen and oxygen atoms in total. The number of hydrogen-bond acceptors (Lipinski definition) is 0. The van der Waals surface area contributed by atoms with Gasteiger partial charge in [-0.2, -0.15) is 0 Å². The van der Waals surface area contributed by atoms with Gasteiger partial charge in [0.25, 0.3) is 0 Å². The van der Waals surface area contributed by atoms with Crippen molar-refractivity contribution in [2.24, 2.45) is 5.41 Å². The molecule has 0 heterocycles. The molecule has 78 valence electrons. The van der Waals surface area contributed by atoms with Gasteiger partial charge in [-0.3, -0.25) is 0 Å². The van der Waals surface area contributed by atoms with Crippen LogP contribution >= 0.6 is 23.2 Å². The molecule has 1 aromatic rings. The molecule has 0 radical (unpaired) electrons. The minimum absolute atomic E-state index is 0.0566. The van der Waals surface area contributed by atoms with Gasteiger partial charge < -0.3 is 0 Å². The molecular formula is C11H13Cl2F. The summed E-state index contributed by atoms with van der Waals surface area (Å²) in [5.41, 5.74) is 0.760. The Labute approximate surface area is 94.0 Å². The highest BCUT2D eigenvalue weighted by Crippen LogP contribution is 2.27. The molecule has 0 fully saturated rings. The zero-order chi connectivity index (χ0) is 10.8. The fourth-order valence-electron chi connectivity index (χ4n) is 1.24. The van der Waals surface area contributed by atoms with Crippen LogP contribution in [0.4, 0.5) is 4.39 Å². The summed E-state index contributed by atoms with van der Waals surface area (Å²) in [6.07, 6.45) is 0.688. The molecular weight excluding hydrogens is 222 g/mol. The van der Waals surface area contributed by atoms with Gasteiger partial charge in [-0.15, -0.1) is 11.6 Å². The lowest BCUT2D eigenvalue weighted by Crippen LogP contribution is -2.17. The highest BCUT2D eigenvalue weighted by molar-refractivity contribution is 6.31. The quantitative estimate of drug-likeness (QED) is 0.685. The van der Waals surface area contributed by atoms with E-state index in [0.717, 1.165) is 5.56 Å². The summed E-state index contributed by atoms with van der Waals surface area (Å²) in [6.45, 7) is 4.06. The fraction of sp³-hybridized carbons (Fsp3) is 0.455. The Bertz CT molecular complexity index is 321. The molecule has 0 aliphatic rings. The van der Waals surface area contributed by atoms with Crippen LogP contribution in [0.3, 0.4) is 0 Å². The van der Waals surface area contributed by atoms with Crippen molar-refractivity contribution in [1.82, 2.24) is 0 Å². The predicted octanol–water partition coefficient (Wildman–Crippen LogP) is 4.29. The maximum Gasteiger partial charge on any atom is 0.123 e. The average Bonchev–Trinajstić information content (AvgIpc) is 2.11. The van der Waals surface area contributed by atoms with E-state index >= 15 is 0 Å². The molecule has 0 aliphatic carbocycles. The van der Waals surface area contributed by atoms with Crippen molar-refractivity contribution in [1.29, 1.82) is 0 Å². The normalized spacial score (nSPS) is 11.8. The SMILES string of the molecule is CC(C)(CCl)Cc1cc(F)ccc1Cl. The van der Waals surface area contributed by atoms with Crippen LogP contribution in [0.1, 0.15) is 19.4 Å². The zero-order valence-corrected chi connectivity index (χ0v) is 9.79. The van der Waals surface area contributed by atoms with Crippen LogP contribution < -0.4 is 0 Å². The maximum absolute atomic E-state index is 12.9. The predicted molar refractivity (Wildman–Crippen MR) is 59.6 cm³/mol. The zero-order valence-electron chi connectivity index (χ0n) is 8.28. The van der Waals surface area contributed by atoms with E-state index in [1.807, 2.05) is 13.8 Å². The van der Waals surface area contributed by atoms with Crippen molar-refractivity contribution in [3.05, 3.63) is 34.6 Å². The average molecular weight is 235 g/mol. The molecule has 0 unspecified atom stereocenters. The van der Waals surface area contributed by atoms with Crippen molar-refractivity contribution in [3.8, 4) is 0 Å². The van der Waals surface area contributed by atoms with E-state index in [4.69, 9.17) is 23.2 Å². The van der Waals surface area contributed by atoms with Gasteiger partial charge in [0.15, 0.2) is 0 Å². The van der Waals surface area contributed by atoms with Gasteiger partial charge >= 0.3 is 0 Å². The van der Waals surface area contributed by atoms with Crippen LogP contribution in [0.2, 0.25) is 5.02 Å². The highest BCUT2D eigenvalue weighted by atomic mass is 35.5. The summed E-state index contributed by atoms with van der Waals surface area (Å²) in [5, 5.41) is 0.601. The fourth-order valence-corrected chi connectivity index (χ4v) is 1.52. The third-order valence-electron chi connectivity index (χ3n) is 2.04. The van der Waals surface area contributed by atoms with E-state index in [2.05, 4.69) is 0 Å². The van der Waals surface area contributed by atoms with Crippen molar-refractivity contribution in [3.63, 3.8) is 0 Å². The van der Waals surface area contributed by atoms with E-state index in [9.17, 15) is 4.39 Å². The Morgan fingerprint density at radius 3 is 2.57 bits per heavy atom. The molecule has 1 aromatic carbocycles. The third kappa shape index (κ3) is 3.14. The standard InChI is InChI=1S/C11H13Cl2F/c1-11(2,7-12)6-8-5-9(14)3-4-10(8)13/h3-5H,6-7H2,1-2H3. The summed E-state index contributed by atoms with van der Waals surface area (Å²) in [6, 6.07) is 4.41. The monoisotopic (exact) mass is 234 g/mol. The summed E-state index contributed by atoms with van der Waals surface area (Å²) in [5.74, 6) is 0.273. The summed E-state index contributed by atoms with van der Waals surface area (Å²) in [7, 11) is 0. The Balaban J connectivity index is 2.91. The van der Waals surface area contributed by atoms with Crippen molar-refractivity contribution >= 4 is 23.2 Å². The van der Waals surface area contributed by atoms with E-state index in [1.165, 1.54) is 12.1 Å². The van der Waals surface area contributed by atoms with Crippen LogP contribution in [0, 0.1) is 11.2 Å². The Kier molecular flexibility index (Phi) is 3.79. The molecule has 0 saturated carbocycles. The lowest BCUT2D eigenvalue weighted by molar-refractivity contribution is 0.417. The van der Waals surface area contributed by atoms with Gasteiger partial charge in [0.2, 0.25) is 0 Å². The second kappa shape index (κ2) is 4.50. The first-order valence-electron chi connectivity index (χ1n) is 4.44. The Hall–Kier alpha value is -0.270. The molecule has 0 saturated heterocycles. The highest BCUT2D eigenvalue weighted by Gasteiger charge is 2.18. The lowest BCUT2D eigenvalue weighted by Gasteiger charge is -2.21. The smallest absolute Gasteiger partial charge is 0.123 e. The molecule has 14 heavy (non-hydrogen) atoms. The van der Waals surface area contributed by atoms with E-state index in [0.29, 0.717) is 17.3 Å². The van der Waals surface area contributed by atoms with Gasteiger partial charge in [0.1, 0.15) is 5.82 Å². The number of alkyl halides is 1. The van der Waals surface area contributed by atoms with Crippen molar-refractivity contribution < 1.29 is 4.39 Å². The van der Waals surface area contributed by atoms with Crippen molar-refractivity contribution in [2.75, 3.05) is 5.88 Å². The summed E-state index contributed by atoms with van der Waals surface area (Å²) in [4.78, 5) is 0. The molecule has 0 atom stereocenters.